The van der Waals surface area contributed by atoms with E-state index in [0.717, 1.165) is 16.1 Å². The molecule has 9 heteroatoms. The molecule has 0 spiro atoms. The molecule has 0 atom stereocenters. The summed E-state index contributed by atoms with van der Waals surface area (Å²) in [5, 5.41) is 8.19. The fourth-order valence-corrected chi connectivity index (χ4v) is 5.16. The first-order chi connectivity index (χ1) is 16.3. The normalized spacial score (nSPS) is 13.7. The Morgan fingerprint density at radius 1 is 1.21 bits per heavy atom. The molecule has 4 heterocycles. The molecule has 1 N–H and O–H groups in total. The lowest BCUT2D eigenvalue weighted by molar-refractivity contribution is 0.102. The zero-order valence-corrected chi connectivity index (χ0v) is 20.3. The molecular weight excluding hydrogens is 450 g/mol. The first-order valence-electron chi connectivity index (χ1n) is 11.1. The maximum Gasteiger partial charge on any atom is 0.414 e. The van der Waals surface area contributed by atoms with Gasteiger partial charge < -0.3 is 10.1 Å². The quantitative estimate of drug-likeness (QED) is 0.408. The highest BCUT2D eigenvalue weighted by Gasteiger charge is 2.27. The summed E-state index contributed by atoms with van der Waals surface area (Å²) in [6, 6.07) is 11.2. The van der Waals surface area contributed by atoms with Gasteiger partial charge in [-0.2, -0.15) is 5.10 Å². The zero-order chi connectivity index (χ0) is 24.0. The van der Waals surface area contributed by atoms with Crippen molar-refractivity contribution < 1.29 is 14.3 Å². The summed E-state index contributed by atoms with van der Waals surface area (Å²) in [5.74, 6) is -0.290. The van der Waals surface area contributed by atoms with E-state index >= 15 is 0 Å². The van der Waals surface area contributed by atoms with E-state index in [0.29, 0.717) is 41.1 Å². The Kier molecular flexibility index (Phi) is 5.57. The fourth-order valence-electron chi connectivity index (χ4n) is 4.22. The maximum absolute atomic E-state index is 13.6. The van der Waals surface area contributed by atoms with Crippen molar-refractivity contribution in [1.82, 2.24) is 14.8 Å². The van der Waals surface area contributed by atoms with E-state index in [2.05, 4.69) is 30.3 Å². The summed E-state index contributed by atoms with van der Waals surface area (Å²) < 4.78 is 6.91. The molecule has 2 amide bonds. The van der Waals surface area contributed by atoms with Crippen LogP contribution in [0, 0.1) is 13.8 Å². The minimum absolute atomic E-state index is 0.0865. The van der Waals surface area contributed by atoms with E-state index in [1.54, 1.807) is 29.7 Å². The molecule has 1 fully saturated rings. The number of carbonyl (C=O) groups is 2. The number of aryl methyl sites for hydroxylation is 2. The SMILES string of the molecule is Cc1cc(-c2cc(C(=O)Nc3ccccc3N3CCOC3=O)c3cnn(C(C)C)c3n2)c(C)s1. The molecule has 8 nitrogen and oxygen atoms in total. The van der Waals surface area contributed by atoms with Gasteiger partial charge in [0.2, 0.25) is 0 Å². The van der Waals surface area contributed by atoms with Crippen LogP contribution in [0.1, 0.15) is 40.0 Å². The Morgan fingerprint density at radius 2 is 2.00 bits per heavy atom. The minimum atomic E-state index is -0.420. The number of hydrogen-bond acceptors (Lipinski definition) is 6. The van der Waals surface area contributed by atoms with Gasteiger partial charge in [-0.25, -0.2) is 14.5 Å². The van der Waals surface area contributed by atoms with Crippen molar-refractivity contribution in [2.75, 3.05) is 23.4 Å². The molecule has 0 radical (unpaired) electrons. The largest absolute Gasteiger partial charge is 0.447 e. The number of fused-ring (bicyclic) bond motifs is 1. The first kappa shape index (κ1) is 22.1. The van der Waals surface area contributed by atoms with Crippen LogP contribution in [0.25, 0.3) is 22.3 Å². The molecule has 0 unspecified atom stereocenters. The van der Waals surface area contributed by atoms with Crippen molar-refractivity contribution >= 4 is 45.7 Å². The van der Waals surface area contributed by atoms with E-state index in [4.69, 9.17) is 9.72 Å². The van der Waals surface area contributed by atoms with Gasteiger partial charge in [0, 0.05) is 21.4 Å². The van der Waals surface area contributed by atoms with Gasteiger partial charge in [0.1, 0.15) is 6.61 Å². The van der Waals surface area contributed by atoms with Crippen molar-refractivity contribution in [1.29, 1.82) is 0 Å². The van der Waals surface area contributed by atoms with Crippen LogP contribution in [0.2, 0.25) is 0 Å². The summed E-state index contributed by atoms with van der Waals surface area (Å²) in [4.78, 5) is 34.5. The standard InChI is InChI=1S/C25H25N5O3S/c1-14(2)30-23-19(13-26-30)18(12-21(27-23)17-11-15(3)34-16(17)4)24(31)28-20-7-5-6-8-22(20)29-9-10-33-25(29)32/h5-8,11-14H,9-10H2,1-4H3,(H,28,31). The van der Waals surface area contributed by atoms with E-state index in [1.807, 2.05) is 36.7 Å². The maximum atomic E-state index is 13.6. The third kappa shape index (κ3) is 3.81. The molecule has 1 aliphatic rings. The summed E-state index contributed by atoms with van der Waals surface area (Å²) in [6.07, 6.45) is 1.27. The van der Waals surface area contributed by atoms with Crippen LogP contribution in [-0.2, 0) is 4.74 Å². The van der Waals surface area contributed by atoms with Crippen molar-refractivity contribution in [3.63, 3.8) is 0 Å². The summed E-state index contributed by atoms with van der Waals surface area (Å²) in [5.41, 5.74) is 4.03. The van der Waals surface area contributed by atoms with Crippen LogP contribution in [0.15, 0.2) is 42.6 Å². The average molecular weight is 476 g/mol. The molecule has 4 aromatic rings. The number of amides is 2. The van der Waals surface area contributed by atoms with Gasteiger partial charge in [0.05, 0.1) is 40.8 Å². The average Bonchev–Trinajstić information content (AvgIpc) is 3.51. The Bertz CT molecular complexity index is 1420. The van der Waals surface area contributed by atoms with Crippen molar-refractivity contribution in [2.45, 2.75) is 33.7 Å². The van der Waals surface area contributed by atoms with Crippen LogP contribution in [-0.4, -0.2) is 39.9 Å². The number of nitrogens with zero attached hydrogens (tertiary/aromatic N) is 4. The van der Waals surface area contributed by atoms with Crippen LogP contribution in [0.4, 0.5) is 16.2 Å². The summed E-state index contributed by atoms with van der Waals surface area (Å²) in [6.45, 7) is 8.95. The molecule has 174 valence electrons. The molecule has 5 rings (SSSR count). The predicted molar refractivity (Wildman–Crippen MR) is 134 cm³/mol. The number of carbonyl (C=O) groups excluding carboxylic acids is 2. The van der Waals surface area contributed by atoms with Crippen molar-refractivity contribution in [3.8, 4) is 11.3 Å². The fraction of sp³-hybridized carbons (Fsp3) is 0.280. The smallest absolute Gasteiger partial charge is 0.414 e. The Labute approximate surface area is 201 Å². The first-order valence-corrected chi connectivity index (χ1v) is 12.0. The van der Waals surface area contributed by atoms with Crippen LogP contribution >= 0.6 is 11.3 Å². The predicted octanol–water partition coefficient (Wildman–Crippen LogP) is 5.57. The van der Waals surface area contributed by atoms with Crippen molar-refractivity contribution in [2.24, 2.45) is 0 Å². The van der Waals surface area contributed by atoms with E-state index in [1.165, 1.54) is 9.78 Å². The molecule has 34 heavy (non-hydrogen) atoms. The van der Waals surface area contributed by atoms with Gasteiger partial charge in [0.15, 0.2) is 5.65 Å². The Morgan fingerprint density at radius 3 is 2.68 bits per heavy atom. The Balaban J connectivity index is 1.61. The number of hydrogen-bond donors (Lipinski definition) is 1. The second-order valence-corrected chi connectivity index (χ2v) is 10.00. The number of aromatic nitrogens is 3. The molecule has 0 aliphatic carbocycles. The van der Waals surface area contributed by atoms with E-state index in [-0.39, 0.29) is 11.9 Å². The molecule has 0 bridgehead atoms. The zero-order valence-electron chi connectivity index (χ0n) is 19.5. The van der Waals surface area contributed by atoms with Crippen molar-refractivity contribution in [3.05, 3.63) is 57.9 Å². The summed E-state index contributed by atoms with van der Waals surface area (Å²) in [7, 11) is 0. The van der Waals surface area contributed by atoms with Crippen LogP contribution in [0.5, 0.6) is 0 Å². The molecule has 1 saturated heterocycles. The molecule has 1 aliphatic heterocycles. The van der Waals surface area contributed by atoms with Gasteiger partial charge in [-0.3, -0.25) is 9.69 Å². The number of rotatable bonds is 5. The number of anilines is 2. The van der Waals surface area contributed by atoms with Gasteiger partial charge >= 0.3 is 6.09 Å². The number of thiophene rings is 1. The molecular formula is C25H25N5O3S. The summed E-state index contributed by atoms with van der Waals surface area (Å²) >= 11 is 1.70. The lowest BCUT2D eigenvalue weighted by atomic mass is 10.1. The molecule has 0 saturated carbocycles. The number of cyclic esters (lactones) is 1. The second kappa shape index (κ2) is 8.57. The molecule has 3 aromatic heterocycles. The van der Waals surface area contributed by atoms with Gasteiger partial charge in [-0.15, -0.1) is 11.3 Å². The van der Waals surface area contributed by atoms with Gasteiger partial charge in [0.25, 0.3) is 5.91 Å². The highest BCUT2D eigenvalue weighted by atomic mass is 32.1. The number of pyridine rings is 1. The van der Waals surface area contributed by atoms with Crippen LogP contribution < -0.4 is 10.2 Å². The lowest BCUT2D eigenvalue weighted by Crippen LogP contribution is -2.25. The molecule has 1 aromatic carbocycles. The third-order valence-corrected chi connectivity index (χ3v) is 6.79. The monoisotopic (exact) mass is 475 g/mol. The highest BCUT2D eigenvalue weighted by Crippen LogP contribution is 2.34. The number of nitrogens with one attached hydrogen (secondary N) is 1. The van der Waals surface area contributed by atoms with Crippen LogP contribution in [0.3, 0.4) is 0 Å². The minimum Gasteiger partial charge on any atom is -0.447 e. The van der Waals surface area contributed by atoms with E-state index < -0.39 is 6.09 Å². The second-order valence-electron chi connectivity index (χ2n) is 8.54. The number of benzene rings is 1. The number of para-hydroxylation sites is 2. The topological polar surface area (TPSA) is 89.4 Å². The lowest BCUT2D eigenvalue weighted by Gasteiger charge is -2.18. The van der Waals surface area contributed by atoms with Gasteiger partial charge in [-0.1, -0.05) is 12.1 Å². The third-order valence-electron chi connectivity index (χ3n) is 5.82. The van der Waals surface area contributed by atoms with Gasteiger partial charge in [-0.05, 0) is 52.0 Å². The Hall–Kier alpha value is -3.72. The number of ether oxygens (including phenoxy) is 1. The van der Waals surface area contributed by atoms with E-state index in [9.17, 15) is 9.59 Å². The highest BCUT2D eigenvalue weighted by molar-refractivity contribution is 7.12.